The number of hydrogen-bond acceptors (Lipinski definition) is 2. The molecule has 0 fully saturated rings. The first-order chi connectivity index (χ1) is 8.52. The molecule has 1 aliphatic heterocycles. The highest BCUT2D eigenvalue weighted by Crippen LogP contribution is 2.21. The second-order valence-corrected chi connectivity index (χ2v) is 5.63. The number of amides is 1. The van der Waals surface area contributed by atoms with Gasteiger partial charge in [-0.1, -0.05) is 6.07 Å². The topological polar surface area (TPSA) is 38.3 Å². The van der Waals surface area contributed by atoms with Crippen molar-refractivity contribution in [1.82, 2.24) is 5.32 Å². The lowest BCUT2D eigenvalue weighted by Crippen LogP contribution is -2.43. The van der Waals surface area contributed by atoms with Crippen molar-refractivity contribution in [2.75, 3.05) is 5.88 Å². The molecule has 3 nitrogen and oxygen atoms in total. The molecule has 0 aliphatic carbocycles. The van der Waals surface area contributed by atoms with Gasteiger partial charge in [-0.2, -0.15) is 0 Å². The third kappa shape index (κ3) is 3.03. The molecule has 0 bridgehead atoms. The summed E-state index contributed by atoms with van der Waals surface area (Å²) in [7, 11) is 0. The number of halogens is 1. The van der Waals surface area contributed by atoms with Crippen LogP contribution in [0.3, 0.4) is 0 Å². The van der Waals surface area contributed by atoms with Crippen LogP contribution in [-0.2, 0) is 18.0 Å². The number of carbonyl (C=O) groups is 1. The summed E-state index contributed by atoms with van der Waals surface area (Å²) >= 11 is 5.72. The van der Waals surface area contributed by atoms with Gasteiger partial charge in [-0.25, -0.2) is 0 Å². The van der Waals surface area contributed by atoms with E-state index >= 15 is 0 Å². The largest absolute Gasteiger partial charge is 0.372 e. The molecule has 0 spiro atoms. The quantitative estimate of drug-likeness (QED) is 0.852. The maximum absolute atomic E-state index is 12.1. The molecule has 1 aromatic carbocycles. The number of ether oxygens (including phenoxy) is 1. The van der Waals surface area contributed by atoms with E-state index in [1.807, 2.05) is 32.0 Å². The summed E-state index contributed by atoms with van der Waals surface area (Å²) in [6, 6.07) is 5.72. The van der Waals surface area contributed by atoms with Crippen molar-refractivity contribution in [3.05, 3.63) is 34.9 Å². The Morgan fingerprint density at radius 1 is 1.39 bits per heavy atom. The van der Waals surface area contributed by atoms with Gasteiger partial charge in [0.05, 0.1) is 13.2 Å². The first-order valence-electron chi connectivity index (χ1n) is 6.10. The Balaban J connectivity index is 2.10. The fourth-order valence-corrected chi connectivity index (χ4v) is 2.46. The van der Waals surface area contributed by atoms with Crippen LogP contribution < -0.4 is 5.32 Å². The average molecular weight is 268 g/mol. The van der Waals surface area contributed by atoms with E-state index < -0.39 is 0 Å². The summed E-state index contributed by atoms with van der Waals surface area (Å²) in [5, 5.41) is 3.00. The first kappa shape index (κ1) is 13.4. The molecular weight excluding hydrogens is 250 g/mol. The number of nitrogens with one attached hydrogen (secondary N) is 1. The third-order valence-corrected chi connectivity index (χ3v) is 3.34. The molecule has 98 valence electrons. The third-order valence-electron chi connectivity index (χ3n) is 3.15. The minimum atomic E-state index is -0.283. The molecule has 0 aromatic heterocycles. The predicted octanol–water partition coefficient (Wildman–Crippen LogP) is 2.85. The van der Waals surface area contributed by atoms with Crippen LogP contribution in [0.5, 0.6) is 0 Å². The summed E-state index contributed by atoms with van der Waals surface area (Å²) in [5.74, 6) is 0.477. The van der Waals surface area contributed by atoms with Crippen molar-refractivity contribution in [3.63, 3.8) is 0 Å². The Hall–Kier alpha value is -1.06. The van der Waals surface area contributed by atoms with Gasteiger partial charge in [0.2, 0.25) is 0 Å². The molecule has 1 N–H and O–H groups in total. The lowest BCUT2D eigenvalue weighted by molar-refractivity contribution is 0.0911. The van der Waals surface area contributed by atoms with Gasteiger partial charge in [-0.15, -0.1) is 11.6 Å². The Morgan fingerprint density at radius 3 is 2.83 bits per heavy atom. The zero-order valence-corrected chi connectivity index (χ0v) is 11.5. The summed E-state index contributed by atoms with van der Waals surface area (Å²) < 4.78 is 5.34. The Kier molecular flexibility index (Phi) is 3.93. The summed E-state index contributed by atoms with van der Waals surface area (Å²) in [4.78, 5) is 12.1. The fraction of sp³-hybridized carbons (Fsp3) is 0.500. The lowest BCUT2D eigenvalue weighted by atomic mass is 10.00. The van der Waals surface area contributed by atoms with E-state index in [1.54, 1.807) is 0 Å². The summed E-state index contributed by atoms with van der Waals surface area (Å²) in [6.45, 7) is 5.20. The number of benzene rings is 1. The van der Waals surface area contributed by atoms with Crippen LogP contribution in [0, 0.1) is 0 Å². The van der Waals surface area contributed by atoms with Crippen LogP contribution in [0.4, 0.5) is 0 Å². The Bertz CT molecular complexity index is 457. The van der Waals surface area contributed by atoms with E-state index in [-0.39, 0.29) is 11.4 Å². The van der Waals surface area contributed by atoms with Gasteiger partial charge in [0.15, 0.2) is 0 Å². The molecule has 1 aromatic rings. The summed E-state index contributed by atoms with van der Waals surface area (Å²) in [5.41, 5.74) is 2.68. The van der Waals surface area contributed by atoms with Crippen LogP contribution in [0.15, 0.2) is 18.2 Å². The highest BCUT2D eigenvalue weighted by Gasteiger charge is 2.21. The molecule has 0 unspecified atom stereocenters. The SMILES string of the molecule is CC(C)(CCCl)NC(=O)c1ccc2c(c1)COC2. The summed E-state index contributed by atoms with van der Waals surface area (Å²) in [6.07, 6.45) is 0.744. The van der Waals surface area contributed by atoms with Gasteiger partial charge in [0.25, 0.3) is 5.91 Å². The number of fused-ring (bicyclic) bond motifs is 1. The number of rotatable bonds is 4. The molecule has 0 atom stereocenters. The van der Waals surface area contributed by atoms with E-state index in [1.165, 1.54) is 5.56 Å². The number of hydrogen-bond donors (Lipinski definition) is 1. The molecule has 2 rings (SSSR count). The van der Waals surface area contributed by atoms with Crippen LogP contribution in [0.25, 0.3) is 0 Å². The van der Waals surface area contributed by atoms with E-state index in [2.05, 4.69) is 5.32 Å². The molecule has 1 aliphatic rings. The normalized spacial score (nSPS) is 14.4. The van der Waals surface area contributed by atoms with Gasteiger partial charge in [-0.3, -0.25) is 4.79 Å². The molecule has 4 heteroatoms. The highest BCUT2D eigenvalue weighted by atomic mass is 35.5. The van der Waals surface area contributed by atoms with Crippen LogP contribution >= 0.6 is 11.6 Å². The molecule has 1 heterocycles. The van der Waals surface area contributed by atoms with Crippen molar-refractivity contribution < 1.29 is 9.53 Å². The van der Waals surface area contributed by atoms with Crippen LogP contribution in [-0.4, -0.2) is 17.3 Å². The Morgan fingerprint density at radius 2 is 2.11 bits per heavy atom. The maximum atomic E-state index is 12.1. The minimum absolute atomic E-state index is 0.0557. The second-order valence-electron chi connectivity index (χ2n) is 5.25. The zero-order chi connectivity index (χ0) is 13.2. The molecule has 0 radical (unpaired) electrons. The van der Waals surface area contributed by atoms with E-state index in [0.29, 0.717) is 24.7 Å². The Labute approximate surface area is 112 Å². The van der Waals surface area contributed by atoms with Gasteiger partial charge in [0, 0.05) is 17.0 Å². The molecule has 1 amide bonds. The van der Waals surface area contributed by atoms with Gasteiger partial charge in [0.1, 0.15) is 0 Å². The van der Waals surface area contributed by atoms with Crippen molar-refractivity contribution in [2.45, 2.75) is 39.0 Å². The standard InChI is InChI=1S/C14H18ClNO2/c1-14(2,5-6-15)16-13(17)10-3-4-11-8-18-9-12(11)7-10/h3-4,7H,5-6,8-9H2,1-2H3,(H,16,17). The van der Waals surface area contributed by atoms with E-state index in [0.717, 1.165) is 12.0 Å². The van der Waals surface area contributed by atoms with Crippen LogP contribution in [0.1, 0.15) is 41.8 Å². The smallest absolute Gasteiger partial charge is 0.251 e. The zero-order valence-electron chi connectivity index (χ0n) is 10.8. The number of alkyl halides is 1. The van der Waals surface area contributed by atoms with Gasteiger partial charge < -0.3 is 10.1 Å². The number of carbonyl (C=O) groups excluding carboxylic acids is 1. The van der Waals surface area contributed by atoms with Crippen molar-refractivity contribution in [1.29, 1.82) is 0 Å². The monoisotopic (exact) mass is 267 g/mol. The predicted molar refractivity (Wildman–Crippen MR) is 71.8 cm³/mol. The highest BCUT2D eigenvalue weighted by molar-refractivity contribution is 6.17. The van der Waals surface area contributed by atoms with E-state index in [9.17, 15) is 4.79 Å². The van der Waals surface area contributed by atoms with Crippen molar-refractivity contribution in [2.24, 2.45) is 0 Å². The lowest BCUT2D eigenvalue weighted by Gasteiger charge is -2.25. The van der Waals surface area contributed by atoms with Crippen molar-refractivity contribution >= 4 is 17.5 Å². The van der Waals surface area contributed by atoms with Crippen molar-refractivity contribution in [3.8, 4) is 0 Å². The molecule has 0 saturated heterocycles. The molecular formula is C14H18ClNO2. The fourth-order valence-electron chi connectivity index (χ4n) is 1.99. The maximum Gasteiger partial charge on any atom is 0.251 e. The van der Waals surface area contributed by atoms with Crippen LogP contribution in [0.2, 0.25) is 0 Å². The molecule has 18 heavy (non-hydrogen) atoms. The average Bonchev–Trinajstić information content (AvgIpc) is 2.74. The first-order valence-corrected chi connectivity index (χ1v) is 6.63. The van der Waals surface area contributed by atoms with E-state index in [4.69, 9.17) is 16.3 Å². The minimum Gasteiger partial charge on any atom is -0.372 e. The van der Waals surface area contributed by atoms with Gasteiger partial charge >= 0.3 is 0 Å². The molecule has 0 saturated carbocycles. The van der Waals surface area contributed by atoms with Gasteiger partial charge in [-0.05, 0) is 43.5 Å². The second kappa shape index (κ2) is 5.29.